The summed E-state index contributed by atoms with van der Waals surface area (Å²) in [5.41, 5.74) is -0.772. The van der Waals surface area contributed by atoms with Gasteiger partial charge in [0.05, 0.1) is 10.6 Å². The Labute approximate surface area is 110 Å². The Morgan fingerprint density at radius 1 is 1.38 bits per heavy atom. The third-order valence-corrected chi connectivity index (χ3v) is 3.51. The Hall–Kier alpha value is -0.250. The molecule has 16 heavy (non-hydrogen) atoms. The average molecular weight is 308 g/mol. The fourth-order valence-electron chi connectivity index (χ4n) is 1.25. The Kier molecular flexibility index (Phi) is 5.09. The molecule has 0 spiro atoms. The lowest BCUT2D eigenvalue weighted by Gasteiger charge is -2.25. The van der Waals surface area contributed by atoms with E-state index in [-0.39, 0.29) is 6.61 Å². The molecule has 0 saturated carbocycles. The molecule has 0 aromatic heterocycles. The van der Waals surface area contributed by atoms with Gasteiger partial charge < -0.3 is 9.84 Å². The Bertz CT molecular complexity index is 351. The second-order valence-corrected chi connectivity index (χ2v) is 5.12. The summed E-state index contributed by atoms with van der Waals surface area (Å²) in [6, 6.07) is 5.41. The van der Waals surface area contributed by atoms with Gasteiger partial charge in [-0.2, -0.15) is 0 Å². The van der Waals surface area contributed by atoms with Crippen molar-refractivity contribution < 1.29 is 9.84 Å². The lowest BCUT2D eigenvalue weighted by molar-refractivity contribution is -0.0113. The fraction of sp³-hybridized carbons (Fsp3) is 0.500. The van der Waals surface area contributed by atoms with Crippen molar-refractivity contribution in [1.29, 1.82) is 0 Å². The highest BCUT2D eigenvalue weighted by atomic mass is 79.9. The number of halogens is 2. The van der Waals surface area contributed by atoms with Gasteiger partial charge in [0.15, 0.2) is 0 Å². The summed E-state index contributed by atoms with van der Waals surface area (Å²) in [5.74, 6) is 0.594. The molecule has 0 aliphatic carbocycles. The third-order valence-electron chi connectivity index (χ3n) is 2.71. The van der Waals surface area contributed by atoms with Crippen molar-refractivity contribution in [2.45, 2.75) is 32.3 Å². The highest BCUT2D eigenvalue weighted by Crippen LogP contribution is 2.29. The number of rotatable bonds is 5. The highest BCUT2D eigenvalue weighted by Gasteiger charge is 2.23. The van der Waals surface area contributed by atoms with Crippen LogP contribution in [0.15, 0.2) is 22.7 Å². The highest BCUT2D eigenvalue weighted by molar-refractivity contribution is 9.10. The zero-order valence-corrected chi connectivity index (χ0v) is 11.8. The molecule has 0 aliphatic rings. The monoisotopic (exact) mass is 306 g/mol. The second-order valence-electron chi connectivity index (χ2n) is 3.79. The van der Waals surface area contributed by atoms with Crippen molar-refractivity contribution in [3.63, 3.8) is 0 Å². The molecule has 90 valence electrons. The molecule has 4 heteroatoms. The van der Waals surface area contributed by atoms with E-state index >= 15 is 0 Å². The fourth-order valence-corrected chi connectivity index (χ4v) is 1.77. The first-order valence-electron chi connectivity index (χ1n) is 5.31. The molecular weight excluding hydrogens is 291 g/mol. The topological polar surface area (TPSA) is 29.5 Å². The SMILES string of the molecule is CCC(O)(CC)COc1cc(Br)ccc1Cl. The number of aliphatic hydroxyl groups is 1. The molecule has 0 bridgehead atoms. The van der Waals surface area contributed by atoms with Crippen LogP contribution >= 0.6 is 27.5 Å². The van der Waals surface area contributed by atoms with Gasteiger partial charge in [-0.3, -0.25) is 0 Å². The van der Waals surface area contributed by atoms with Crippen LogP contribution in [0.2, 0.25) is 5.02 Å². The lowest BCUT2D eigenvalue weighted by atomic mass is 9.99. The molecule has 0 fully saturated rings. The van der Waals surface area contributed by atoms with Gasteiger partial charge in [0.2, 0.25) is 0 Å². The molecule has 1 aromatic rings. The van der Waals surface area contributed by atoms with Crippen LogP contribution < -0.4 is 4.74 Å². The van der Waals surface area contributed by atoms with Crippen molar-refractivity contribution in [2.24, 2.45) is 0 Å². The summed E-state index contributed by atoms with van der Waals surface area (Å²) in [6.45, 7) is 4.14. The minimum absolute atomic E-state index is 0.260. The summed E-state index contributed by atoms with van der Waals surface area (Å²) in [6.07, 6.45) is 1.32. The van der Waals surface area contributed by atoms with Gasteiger partial charge in [0.1, 0.15) is 12.4 Å². The van der Waals surface area contributed by atoms with E-state index in [2.05, 4.69) is 15.9 Å². The van der Waals surface area contributed by atoms with Crippen LogP contribution in [0.3, 0.4) is 0 Å². The average Bonchev–Trinajstić information content (AvgIpc) is 2.30. The molecule has 0 atom stereocenters. The second kappa shape index (κ2) is 5.89. The van der Waals surface area contributed by atoms with Crippen LogP contribution in [0.25, 0.3) is 0 Å². The van der Waals surface area contributed by atoms with E-state index in [0.29, 0.717) is 23.6 Å². The van der Waals surface area contributed by atoms with Crippen molar-refractivity contribution in [3.05, 3.63) is 27.7 Å². The van der Waals surface area contributed by atoms with E-state index in [1.165, 1.54) is 0 Å². The molecule has 1 aromatic carbocycles. The van der Waals surface area contributed by atoms with Crippen LogP contribution in [0.5, 0.6) is 5.75 Å². The lowest BCUT2D eigenvalue weighted by Crippen LogP contribution is -2.34. The van der Waals surface area contributed by atoms with Gasteiger partial charge >= 0.3 is 0 Å². The molecule has 2 nitrogen and oxygen atoms in total. The standard InChI is InChI=1S/C12H16BrClO2/c1-3-12(15,4-2)8-16-11-7-9(13)5-6-10(11)14/h5-7,15H,3-4,8H2,1-2H3. The quantitative estimate of drug-likeness (QED) is 0.890. The van der Waals surface area contributed by atoms with Crippen molar-refractivity contribution >= 4 is 27.5 Å². The smallest absolute Gasteiger partial charge is 0.139 e. The van der Waals surface area contributed by atoms with E-state index in [1.54, 1.807) is 12.1 Å². The summed E-state index contributed by atoms with van der Waals surface area (Å²) in [4.78, 5) is 0. The number of hydrogen-bond donors (Lipinski definition) is 1. The van der Waals surface area contributed by atoms with E-state index < -0.39 is 5.60 Å². The number of ether oxygens (including phenoxy) is 1. The Balaban J connectivity index is 2.70. The maximum atomic E-state index is 10.1. The largest absolute Gasteiger partial charge is 0.489 e. The first kappa shape index (κ1) is 13.8. The maximum Gasteiger partial charge on any atom is 0.139 e. The third kappa shape index (κ3) is 3.65. The van der Waals surface area contributed by atoms with Crippen molar-refractivity contribution in [2.75, 3.05) is 6.61 Å². The normalized spacial score (nSPS) is 11.6. The first-order chi connectivity index (χ1) is 7.50. The van der Waals surface area contributed by atoms with Gasteiger partial charge in [-0.1, -0.05) is 41.4 Å². The summed E-state index contributed by atoms with van der Waals surface area (Å²) in [5, 5.41) is 10.6. The predicted molar refractivity (Wildman–Crippen MR) is 70.2 cm³/mol. The van der Waals surface area contributed by atoms with Crippen LogP contribution in [0.4, 0.5) is 0 Å². The molecule has 0 unspecified atom stereocenters. The van der Waals surface area contributed by atoms with E-state index in [9.17, 15) is 5.11 Å². The Morgan fingerprint density at radius 2 is 2.00 bits per heavy atom. The van der Waals surface area contributed by atoms with E-state index in [4.69, 9.17) is 16.3 Å². The van der Waals surface area contributed by atoms with Gasteiger partial charge in [-0.15, -0.1) is 0 Å². The van der Waals surface area contributed by atoms with Gasteiger partial charge in [-0.05, 0) is 31.0 Å². The molecule has 0 aliphatic heterocycles. The summed E-state index contributed by atoms with van der Waals surface area (Å²) in [7, 11) is 0. The van der Waals surface area contributed by atoms with E-state index in [0.717, 1.165) is 4.47 Å². The molecule has 0 saturated heterocycles. The summed E-state index contributed by atoms with van der Waals surface area (Å²) >= 11 is 9.33. The number of benzene rings is 1. The number of hydrogen-bond acceptors (Lipinski definition) is 2. The Morgan fingerprint density at radius 3 is 2.56 bits per heavy atom. The van der Waals surface area contributed by atoms with Gasteiger partial charge in [-0.25, -0.2) is 0 Å². The zero-order chi connectivity index (χ0) is 12.2. The van der Waals surface area contributed by atoms with Crippen LogP contribution in [0.1, 0.15) is 26.7 Å². The van der Waals surface area contributed by atoms with Crippen molar-refractivity contribution in [3.8, 4) is 5.75 Å². The van der Waals surface area contributed by atoms with Gasteiger partial charge in [0.25, 0.3) is 0 Å². The van der Waals surface area contributed by atoms with Crippen LogP contribution in [-0.4, -0.2) is 17.3 Å². The summed E-state index contributed by atoms with van der Waals surface area (Å²) < 4.78 is 6.46. The minimum Gasteiger partial charge on any atom is -0.489 e. The molecule has 0 amide bonds. The molecular formula is C12H16BrClO2. The zero-order valence-electron chi connectivity index (χ0n) is 9.46. The maximum absolute atomic E-state index is 10.1. The molecule has 1 N–H and O–H groups in total. The van der Waals surface area contributed by atoms with Crippen LogP contribution in [-0.2, 0) is 0 Å². The minimum atomic E-state index is -0.772. The van der Waals surface area contributed by atoms with E-state index in [1.807, 2.05) is 19.9 Å². The van der Waals surface area contributed by atoms with Crippen LogP contribution in [0, 0.1) is 0 Å². The van der Waals surface area contributed by atoms with Gasteiger partial charge in [0, 0.05) is 4.47 Å². The first-order valence-corrected chi connectivity index (χ1v) is 6.48. The predicted octanol–water partition coefficient (Wildman–Crippen LogP) is 4.03. The molecule has 0 heterocycles. The van der Waals surface area contributed by atoms with Crippen molar-refractivity contribution in [1.82, 2.24) is 0 Å². The molecule has 1 rings (SSSR count). The molecule has 0 radical (unpaired) electrons.